The lowest BCUT2D eigenvalue weighted by molar-refractivity contribution is -0.914. The molecule has 0 unspecified atom stereocenters. The van der Waals surface area contributed by atoms with E-state index in [9.17, 15) is 4.79 Å². The highest BCUT2D eigenvalue weighted by atomic mass is 16.5. The number of amides is 1. The van der Waals surface area contributed by atoms with Crippen LogP contribution >= 0.6 is 0 Å². The van der Waals surface area contributed by atoms with Gasteiger partial charge in [-0.3, -0.25) is 4.79 Å². The van der Waals surface area contributed by atoms with Gasteiger partial charge in [-0.1, -0.05) is 30.3 Å². The molecule has 0 radical (unpaired) electrons. The summed E-state index contributed by atoms with van der Waals surface area (Å²) in [5.41, 5.74) is 7.50. The molecule has 0 aromatic heterocycles. The first kappa shape index (κ1) is 23.5. The Morgan fingerprint density at radius 3 is 2.24 bits per heavy atom. The van der Waals surface area contributed by atoms with Crippen LogP contribution < -0.4 is 20.0 Å². The second-order valence-electron chi connectivity index (χ2n) is 8.54. The molecule has 6 heteroatoms. The molecule has 1 aliphatic rings. The second kappa shape index (κ2) is 11.5. The van der Waals surface area contributed by atoms with E-state index < -0.39 is 0 Å². The Balaban J connectivity index is 1.27. The SMILES string of the molecule is CCOc1ccc(/C(C)=N\NC(=O)c2ccc(C[NH+]3CCN(c4ccccc4)CC3)cc2)cc1. The lowest BCUT2D eigenvalue weighted by Gasteiger charge is -2.33. The minimum absolute atomic E-state index is 0.208. The van der Waals surface area contributed by atoms with Crippen molar-refractivity contribution in [3.8, 4) is 5.75 Å². The standard InChI is InChI=1S/C28H32N4O2/c1-3-34-27-15-13-24(14-16-27)22(2)29-30-28(33)25-11-9-23(10-12-25)21-31-17-19-32(20-18-31)26-7-5-4-6-8-26/h4-16H,3,17-21H2,1-2H3,(H,30,33)/p+1/b29-22-. The van der Waals surface area contributed by atoms with E-state index in [-0.39, 0.29) is 5.91 Å². The van der Waals surface area contributed by atoms with E-state index in [4.69, 9.17) is 4.74 Å². The van der Waals surface area contributed by atoms with Crippen molar-refractivity contribution in [1.82, 2.24) is 5.43 Å². The zero-order chi connectivity index (χ0) is 23.8. The van der Waals surface area contributed by atoms with Gasteiger partial charge in [0.15, 0.2) is 0 Å². The highest BCUT2D eigenvalue weighted by Crippen LogP contribution is 2.14. The Bertz CT molecular complexity index is 1090. The average Bonchev–Trinajstić information content (AvgIpc) is 2.89. The van der Waals surface area contributed by atoms with Gasteiger partial charge >= 0.3 is 0 Å². The van der Waals surface area contributed by atoms with Crippen molar-refractivity contribution in [2.45, 2.75) is 20.4 Å². The van der Waals surface area contributed by atoms with E-state index in [1.54, 1.807) is 4.90 Å². The molecule has 1 amide bonds. The molecule has 0 saturated carbocycles. The van der Waals surface area contributed by atoms with Crippen molar-refractivity contribution in [3.63, 3.8) is 0 Å². The average molecular weight is 458 g/mol. The van der Waals surface area contributed by atoms with Gasteiger partial charge in [0.25, 0.3) is 5.91 Å². The Morgan fingerprint density at radius 2 is 1.59 bits per heavy atom. The van der Waals surface area contributed by atoms with Gasteiger partial charge in [0.1, 0.15) is 12.3 Å². The number of quaternary nitrogens is 1. The van der Waals surface area contributed by atoms with E-state index in [0.29, 0.717) is 12.2 Å². The van der Waals surface area contributed by atoms with E-state index in [1.165, 1.54) is 11.3 Å². The fourth-order valence-corrected chi connectivity index (χ4v) is 4.18. The maximum absolute atomic E-state index is 12.5. The Labute approximate surface area is 201 Å². The maximum atomic E-state index is 12.5. The third-order valence-electron chi connectivity index (χ3n) is 6.17. The van der Waals surface area contributed by atoms with Gasteiger partial charge in [-0.05, 0) is 67.9 Å². The number of nitrogens with zero attached hydrogens (tertiary/aromatic N) is 2. The number of hydrazone groups is 1. The van der Waals surface area contributed by atoms with Crippen LogP contribution in [0, 0.1) is 0 Å². The van der Waals surface area contributed by atoms with Crippen molar-refractivity contribution in [2.24, 2.45) is 5.10 Å². The van der Waals surface area contributed by atoms with Gasteiger partial charge in [0.05, 0.1) is 38.5 Å². The number of benzene rings is 3. The van der Waals surface area contributed by atoms with Gasteiger partial charge in [-0.15, -0.1) is 0 Å². The number of anilines is 1. The molecular formula is C28H33N4O2+. The van der Waals surface area contributed by atoms with Crippen molar-refractivity contribution in [1.29, 1.82) is 0 Å². The van der Waals surface area contributed by atoms with Crippen LogP contribution in [0.1, 0.15) is 35.3 Å². The van der Waals surface area contributed by atoms with E-state index in [2.05, 4.69) is 57.9 Å². The molecule has 0 atom stereocenters. The smallest absolute Gasteiger partial charge is 0.271 e. The van der Waals surface area contributed by atoms with Gasteiger partial charge in [0, 0.05) is 16.8 Å². The number of rotatable bonds is 8. The molecular weight excluding hydrogens is 424 g/mol. The normalized spacial score (nSPS) is 14.6. The van der Waals surface area contributed by atoms with Crippen molar-refractivity contribution in [3.05, 3.63) is 95.6 Å². The molecule has 0 bridgehead atoms. The first-order chi connectivity index (χ1) is 16.6. The number of para-hydroxylation sites is 1. The zero-order valence-corrected chi connectivity index (χ0v) is 20.0. The number of hydrogen-bond donors (Lipinski definition) is 2. The number of ether oxygens (including phenoxy) is 1. The number of nitrogens with one attached hydrogen (secondary N) is 2. The number of carbonyl (C=O) groups is 1. The molecule has 2 N–H and O–H groups in total. The van der Waals surface area contributed by atoms with Crippen molar-refractivity contribution >= 4 is 17.3 Å². The van der Waals surface area contributed by atoms with Crippen LogP contribution in [0.5, 0.6) is 5.75 Å². The summed E-state index contributed by atoms with van der Waals surface area (Å²) in [6, 6.07) is 26.2. The van der Waals surface area contributed by atoms with Gasteiger partial charge in [-0.2, -0.15) is 5.10 Å². The monoisotopic (exact) mass is 457 g/mol. The molecule has 1 saturated heterocycles. The molecule has 3 aromatic carbocycles. The topological polar surface area (TPSA) is 58.4 Å². The maximum Gasteiger partial charge on any atom is 0.271 e. The molecule has 176 valence electrons. The van der Waals surface area contributed by atoms with E-state index in [0.717, 1.165) is 49.7 Å². The molecule has 3 aromatic rings. The lowest BCUT2D eigenvalue weighted by Crippen LogP contribution is -3.13. The van der Waals surface area contributed by atoms with Crippen LogP contribution in [-0.2, 0) is 6.54 Å². The van der Waals surface area contributed by atoms with Gasteiger partial charge in [0.2, 0.25) is 0 Å². The molecule has 34 heavy (non-hydrogen) atoms. The summed E-state index contributed by atoms with van der Waals surface area (Å²) in [4.78, 5) is 16.6. The zero-order valence-electron chi connectivity index (χ0n) is 20.0. The number of carbonyl (C=O) groups excluding carboxylic acids is 1. The quantitative estimate of drug-likeness (QED) is 0.404. The van der Waals surface area contributed by atoms with E-state index >= 15 is 0 Å². The molecule has 0 spiro atoms. The van der Waals surface area contributed by atoms with Gasteiger partial charge in [-0.25, -0.2) is 5.43 Å². The molecule has 6 nitrogen and oxygen atoms in total. The molecule has 0 aliphatic carbocycles. The number of piperazine rings is 1. The number of hydrogen-bond acceptors (Lipinski definition) is 4. The molecule has 1 fully saturated rings. The van der Waals surface area contributed by atoms with Crippen LogP contribution in [0.25, 0.3) is 0 Å². The Hall–Kier alpha value is -3.64. The minimum atomic E-state index is -0.208. The summed E-state index contributed by atoms with van der Waals surface area (Å²) in [5, 5.41) is 4.26. The summed E-state index contributed by atoms with van der Waals surface area (Å²) in [5.74, 6) is 0.615. The summed E-state index contributed by atoms with van der Waals surface area (Å²) in [7, 11) is 0. The summed E-state index contributed by atoms with van der Waals surface area (Å²) in [6.07, 6.45) is 0. The van der Waals surface area contributed by atoms with Gasteiger partial charge < -0.3 is 14.5 Å². The van der Waals surface area contributed by atoms with Crippen molar-refractivity contribution < 1.29 is 14.4 Å². The fraction of sp³-hybridized carbons (Fsp3) is 0.286. The second-order valence-corrected chi connectivity index (χ2v) is 8.54. The van der Waals surface area contributed by atoms with Crippen LogP contribution in [0.2, 0.25) is 0 Å². The summed E-state index contributed by atoms with van der Waals surface area (Å²) >= 11 is 0. The highest BCUT2D eigenvalue weighted by Gasteiger charge is 2.20. The predicted molar refractivity (Wildman–Crippen MR) is 137 cm³/mol. The predicted octanol–water partition coefficient (Wildman–Crippen LogP) is 3.14. The first-order valence-corrected chi connectivity index (χ1v) is 11.9. The lowest BCUT2D eigenvalue weighted by atomic mass is 10.1. The largest absolute Gasteiger partial charge is 0.494 e. The van der Waals surface area contributed by atoms with Crippen LogP contribution in [0.4, 0.5) is 5.69 Å². The Morgan fingerprint density at radius 1 is 0.941 bits per heavy atom. The Kier molecular flexibility index (Phi) is 7.94. The minimum Gasteiger partial charge on any atom is -0.494 e. The van der Waals surface area contributed by atoms with Crippen LogP contribution in [-0.4, -0.2) is 44.4 Å². The van der Waals surface area contributed by atoms with E-state index in [1.807, 2.05) is 50.2 Å². The molecule has 1 heterocycles. The first-order valence-electron chi connectivity index (χ1n) is 11.9. The molecule has 1 aliphatic heterocycles. The fourth-order valence-electron chi connectivity index (χ4n) is 4.18. The summed E-state index contributed by atoms with van der Waals surface area (Å²) < 4.78 is 5.46. The summed E-state index contributed by atoms with van der Waals surface area (Å²) in [6.45, 7) is 9.77. The third-order valence-corrected chi connectivity index (χ3v) is 6.17. The van der Waals surface area contributed by atoms with Crippen LogP contribution in [0.3, 0.4) is 0 Å². The highest BCUT2D eigenvalue weighted by molar-refractivity contribution is 6.00. The van der Waals surface area contributed by atoms with Crippen LogP contribution in [0.15, 0.2) is 84.0 Å². The van der Waals surface area contributed by atoms with Crippen molar-refractivity contribution in [2.75, 3.05) is 37.7 Å². The third kappa shape index (κ3) is 6.23. The molecule has 4 rings (SSSR count).